The lowest BCUT2D eigenvalue weighted by Gasteiger charge is -2.18. The number of aromatic nitrogens is 2. The minimum absolute atomic E-state index is 0.750. The number of likely N-dealkylation sites (tertiary alicyclic amines) is 1. The second kappa shape index (κ2) is 18.8. The highest BCUT2D eigenvalue weighted by atomic mass is 15.1. The van der Waals surface area contributed by atoms with E-state index in [4.69, 9.17) is 0 Å². The zero-order valence-corrected chi connectivity index (χ0v) is 26.5. The number of nitrogens with one attached hydrogen (secondary N) is 2. The fourth-order valence-corrected chi connectivity index (χ4v) is 4.78. The van der Waals surface area contributed by atoms with Crippen LogP contribution in [0.4, 0.5) is 11.4 Å². The van der Waals surface area contributed by atoms with Crippen molar-refractivity contribution in [1.29, 1.82) is 0 Å². The summed E-state index contributed by atoms with van der Waals surface area (Å²) in [6, 6.07) is 10.7. The largest absolute Gasteiger partial charge is 0.388 e. The van der Waals surface area contributed by atoms with Crippen LogP contribution in [0.3, 0.4) is 0 Å². The van der Waals surface area contributed by atoms with Gasteiger partial charge < -0.3 is 10.6 Å². The molecule has 3 aromatic rings. The SMILES string of the molecule is C=C(Nc1cncc(CC)c1)C(=C)c1cc(-c2cncc(CN3CCCC3)c2)ccc1NC.CC.CCCCCC. The van der Waals surface area contributed by atoms with E-state index in [1.54, 1.807) is 0 Å². The highest BCUT2D eigenvalue weighted by molar-refractivity contribution is 5.88. The van der Waals surface area contributed by atoms with Gasteiger partial charge in [0.25, 0.3) is 0 Å². The van der Waals surface area contributed by atoms with E-state index in [0.29, 0.717) is 0 Å². The summed E-state index contributed by atoms with van der Waals surface area (Å²) in [6.45, 7) is 22.5. The summed E-state index contributed by atoms with van der Waals surface area (Å²) in [5.41, 5.74) is 9.18. The number of hydrogen-bond donors (Lipinski definition) is 2. The summed E-state index contributed by atoms with van der Waals surface area (Å²) in [5.74, 6) is 0. The van der Waals surface area contributed by atoms with Gasteiger partial charge in [-0.1, -0.05) is 79.5 Å². The normalized spacial score (nSPS) is 12.4. The molecule has 41 heavy (non-hydrogen) atoms. The standard InChI is InChI=1S/C28H33N5.C6H14.C2H6/c1-5-22-13-26(18-31-15-22)32-21(3)20(2)27-14-24(8-9-28(27)29-4)25-12-23(16-30-17-25)19-33-10-6-7-11-33;1-3-5-6-4-2;1-2/h8-9,12-18,29,32H,2-3,5-7,10-11,19H2,1,4H3;3-6H2,1-2H3;1-2H3. The molecule has 0 aliphatic carbocycles. The van der Waals surface area contributed by atoms with Gasteiger partial charge in [-0.3, -0.25) is 14.9 Å². The van der Waals surface area contributed by atoms with Gasteiger partial charge in [-0.05, 0) is 78.9 Å². The first-order valence-corrected chi connectivity index (χ1v) is 15.6. The molecule has 0 radical (unpaired) electrons. The van der Waals surface area contributed by atoms with Gasteiger partial charge in [0, 0.05) is 54.7 Å². The molecule has 4 rings (SSSR count). The molecular formula is C36H53N5. The Morgan fingerprint density at radius 2 is 1.49 bits per heavy atom. The van der Waals surface area contributed by atoms with E-state index in [0.717, 1.165) is 52.3 Å². The number of benzene rings is 1. The van der Waals surface area contributed by atoms with E-state index in [1.165, 1.54) is 62.7 Å². The van der Waals surface area contributed by atoms with Crippen molar-refractivity contribution < 1.29 is 0 Å². The Kier molecular flexibility index (Phi) is 15.5. The van der Waals surface area contributed by atoms with Crippen LogP contribution in [0.1, 0.15) is 89.8 Å². The minimum Gasteiger partial charge on any atom is -0.388 e. The summed E-state index contributed by atoms with van der Waals surface area (Å²) in [7, 11) is 1.93. The van der Waals surface area contributed by atoms with E-state index in [1.807, 2.05) is 45.7 Å². The zero-order valence-electron chi connectivity index (χ0n) is 26.5. The smallest absolute Gasteiger partial charge is 0.0573 e. The number of anilines is 2. The highest BCUT2D eigenvalue weighted by Crippen LogP contribution is 2.32. The van der Waals surface area contributed by atoms with Crippen LogP contribution in [0.25, 0.3) is 16.7 Å². The predicted molar refractivity (Wildman–Crippen MR) is 180 cm³/mol. The van der Waals surface area contributed by atoms with Gasteiger partial charge >= 0.3 is 0 Å². The highest BCUT2D eigenvalue weighted by Gasteiger charge is 2.14. The lowest BCUT2D eigenvalue weighted by Crippen LogP contribution is -2.18. The first-order chi connectivity index (χ1) is 20.0. The maximum absolute atomic E-state index is 4.53. The van der Waals surface area contributed by atoms with Crippen LogP contribution in [0.2, 0.25) is 0 Å². The molecule has 5 nitrogen and oxygen atoms in total. The molecule has 2 aromatic heterocycles. The number of rotatable bonds is 12. The lowest BCUT2D eigenvalue weighted by molar-refractivity contribution is 0.331. The van der Waals surface area contributed by atoms with Gasteiger partial charge in [0.1, 0.15) is 0 Å². The number of allylic oxidation sites excluding steroid dienone is 1. The van der Waals surface area contributed by atoms with Crippen molar-refractivity contribution in [2.75, 3.05) is 30.8 Å². The van der Waals surface area contributed by atoms with E-state index < -0.39 is 0 Å². The predicted octanol–water partition coefficient (Wildman–Crippen LogP) is 9.60. The number of hydrogen-bond acceptors (Lipinski definition) is 5. The number of nitrogens with zero attached hydrogens (tertiary/aromatic N) is 3. The summed E-state index contributed by atoms with van der Waals surface area (Å²) in [5, 5.41) is 6.66. The summed E-state index contributed by atoms with van der Waals surface area (Å²) >= 11 is 0. The van der Waals surface area contributed by atoms with E-state index in [9.17, 15) is 0 Å². The number of unbranched alkanes of at least 4 members (excludes halogenated alkanes) is 3. The Hall–Kier alpha value is -3.44. The average molecular weight is 556 g/mol. The molecule has 0 bridgehead atoms. The molecule has 222 valence electrons. The zero-order chi connectivity index (χ0) is 30.0. The van der Waals surface area contributed by atoms with Crippen LogP contribution in [-0.4, -0.2) is 35.0 Å². The van der Waals surface area contributed by atoms with Crippen molar-refractivity contribution in [2.45, 2.75) is 86.1 Å². The van der Waals surface area contributed by atoms with E-state index >= 15 is 0 Å². The van der Waals surface area contributed by atoms with Crippen LogP contribution >= 0.6 is 0 Å². The molecule has 0 unspecified atom stereocenters. The minimum atomic E-state index is 0.750. The molecule has 0 atom stereocenters. The van der Waals surface area contributed by atoms with Gasteiger partial charge in [-0.2, -0.15) is 0 Å². The van der Waals surface area contributed by atoms with Gasteiger partial charge in [0.15, 0.2) is 0 Å². The fourth-order valence-electron chi connectivity index (χ4n) is 4.78. The first-order valence-electron chi connectivity index (χ1n) is 15.6. The molecule has 1 aromatic carbocycles. The molecular weight excluding hydrogens is 502 g/mol. The molecule has 2 N–H and O–H groups in total. The summed E-state index contributed by atoms with van der Waals surface area (Å²) < 4.78 is 0. The van der Waals surface area contributed by atoms with Gasteiger partial charge in [0.2, 0.25) is 0 Å². The fraction of sp³-hybridized carbons (Fsp3) is 0.444. The van der Waals surface area contributed by atoms with Gasteiger partial charge in [-0.25, -0.2) is 0 Å². The molecule has 3 heterocycles. The molecule has 1 saturated heterocycles. The Morgan fingerprint density at radius 1 is 0.829 bits per heavy atom. The Labute approximate surface area is 250 Å². The van der Waals surface area contributed by atoms with Crippen molar-refractivity contribution in [1.82, 2.24) is 14.9 Å². The monoisotopic (exact) mass is 555 g/mol. The molecule has 1 aliphatic rings. The van der Waals surface area contributed by atoms with Crippen molar-refractivity contribution in [3.05, 3.63) is 90.7 Å². The molecule has 0 amide bonds. The van der Waals surface area contributed by atoms with Crippen molar-refractivity contribution in [3.63, 3.8) is 0 Å². The molecule has 1 fully saturated rings. The van der Waals surface area contributed by atoms with Gasteiger partial charge in [0.05, 0.1) is 11.9 Å². The molecule has 0 saturated carbocycles. The van der Waals surface area contributed by atoms with Crippen molar-refractivity contribution >= 4 is 16.9 Å². The van der Waals surface area contributed by atoms with E-state index in [2.05, 4.69) is 89.8 Å². The van der Waals surface area contributed by atoms with Gasteiger partial charge in [-0.15, -0.1) is 0 Å². The maximum atomic E-state index is 4.53. The van der Waals surface area contributed by atoms with Crippen LogP contribution in [-0.2, 0) is 13.0 Å². The second-order valence-corrected chi connectivity index (χ2v) is 10.3. The molecule has 5 heteroatoms. The molecule has 1 aliphatic heterocycles. The van der Waals surface area contributed by atoms with E-state index in [-0.39, 0.29) is 0 Å². The third kappa shape index (κ3) is 10.8. The quantitative estimate of drug-likeness (QED) is 0.172. The van der Waals surface area contributed by atoms with Crippen molar-refractivity contribution in [3.8, 4) is 11.1 Å². The number of pyridine rings is 2. The Balaban J connectivity index is 0.000000654. The molecule has 0 spiro atoms. The second-order valence-electron chi connectivity index (χ2n) is 10.3. The summed E-state index contributed by atoms with van der Waals surface area (Å²) in [6.07, 6.45) is 16.7. The first kappa shape index (κ1) is 33.8. The van der Waals surface area contributed by atoms with Crippen molar-refractivity contribution in [2.24, 2.45) is 0 Å². The third-order valence-electron chi connectivity index (χ3n) is 7.17. The maximum Gasteiger partial charge on any atom is 0.0573 e. The van der Waals surface area contributed by atoms with Crippen LogP contribution in [0, 0.1) is 0 Å². The van der Waals surface area contributed by atoms with Crippen LogP contribution in [0.15, 0.2) is 74.0 Å². The van der Waals surface area contributed by atoms with Crippen LogP contribution < -0.4 is 10.6 Å². The summed E-state index contributed by atoms with van der Waals surface area (Å²) in [4.78, 5) is 11.3. The Bertz CT molecular complexity index is 1210. The Morgan fingerprint density at radius 3 is 2.12 bits per heavy atom. The van der Waals surface area contributed by atoms with Crippen LogP contribution in [0.5, 0.6) is 0 Å². The third-order valence-corrected chi connectivity index (χ3v) is 7.17. The average Bonchev–Trinajstić information content (AvgIpc) is 3.54. The lowest BCUT2D eigenvalue weighted by atomic mass is 9.96. The topological polar surface area (TPSA) is 53.1 Å². The number of aryl methyl sites for hydroxylation is 1.